The first-order chi connectivity index (χ1) is 12.5. The molecule has 2 nitrogen and oxygen atoms in total. The molecule has 1 atom stereocenters. The fourth-order valence-corrected chi connectivity index (χ4v) is 4.52. The third kappa shape index (κ3) is 3.76. The Morgan fingerprint density at radius 1 is 0.885 bits per heavy atom. The van der Waals surface area contributed by atoms with Gasteiger partial charge in [0.25, 0.3) is 0 Å². The minimum atomic E-state index is -0.204. The van der Waals surface area contributed by atoms with Gasteiger partial charge in [-0.2, -0.15) is 0 Å². The third-order valence-electron chi connectivity index (χ3n) is 5.72. The van der Waals surface area contributed by atoms with Crippen LogP contribution in [-0.2, 0) is 0 Å². The van der Waals surface area contributed by atoms with Gasteiger partial charge in [-0.15, -0.1) is 26.3 Å². The van der Waals surface area contributed by atoms with Gasteiger partial charge in [-0.1, -0.05) is 42.5 Å². The number of hydrogen-bond acceptors (Lipinski definition) is 2. The van der Waals surface area contributed by atoms with Gasteiger partial charge < -0.3 is 11.5 Å². The number of anilines is 1. The molecule has 1 aliphatic carbocycles. The fraction of sp³-hybridized carbons (Fsp3) is 0.333. The number of nitrogens with two attached hydrogens (primary N) is 2. The van der Waals surface area contributed by atoms with E-state index in [-0.39, 0.29) is 16.9 Å². The summed E-state index contributed by atoms with van der Waals surface area (Å²) in [4.78, 5) is 0. The van der Waals surface area contributed by atoms with Crippen LogP contribution in [0.3, 0.4) is 0 Å². The molecule has 0 aromatic heterocycles. The van der Waals surface area contributed by atoms with Crippen LogP contribution in [0.15, 0.2) is 81.0 Å². The van der Waals surface area contributed by atoms with Gasteiger partial charge in [0.05, 0.1) is 0 Å². The van der Waals surface area contributed by atoms with E-state index < -0.39 is 0 Å². The quantitative estimate of drug-likeness (QED) is 0.447. The highest BCUT2D eigenvalue weighted by molar-refractivity contribution is 5.70. The maximum Gasteiger partial charge on any atom is 0.0314 e. The van der Waals surface area contributed by atoms with Crippen molar-refractivity contribution in [1.29, 1.82) is 0 Å². The van der Waals surface area contributed by atoms with Crippen LogP contribution >= 0.6 is 0 Å². The lowest BCUT2D eigenvalue weighted by molar-refractivity contribution is 0.118. The van der Waals surface area contributed by atoms with Gasteiger partial charge in [0.1, 0.15) is 0 Å². The van der Waals surface area contributed by atoms with E-state index in [0.717, 1.165) is 37.8 Å². The lowest BCUT2D eigenvalue weighted by Crippen LogP contribution is -2.54. The number of hydrogen-bond donors (Lipinski definition) is 2. The van der Waals surface area contributed by atoms with Crippen LogP contribution in [0.2, 0.25) is 0 Å². The predicted octanol–water partition coefficient (Wildman–Crippen LogP) is 5.66. The molecule has 0 saturated carbocycles. The second-order valence-corrected chi connectivity index (χ2v) is 7.51. The zero-order valence-electron chi connectivity index (χ0n) is 15.8. The van der Waals surface area contributed by atoms with E-state index in [9.17, 15) is 0 Å². The van der Waals surface area contributed by atoms with Crippen molar-refractivity contribution in [2.75, 3.05) is 5.73 Å². The predicted molar refractivity (Wildman–Crippen MR) is 116 cm³/mol. The highest BCUT2D eigenvalue weighted by Crippen LogP contribution is 2.54. The molecule has 1 aromatic carbocycles. The third-order valence-corrected chi connectivity index (χ3v) is 5.72. The Morgan fingerprint density at radius 2 is 1.38 bits per heavy atom. The van der Waals surface area contributed by atoms with E-state index in [0.29, 0.717) is 0 Å². The van der Waals surface area contributed by atoms with E-state index in [1.54, 1.807) is 0 Å². The summed E-state index contributed by atoms with van der Waals surface area (Å²) >= 11 is 0. The van der Waals surface area contributed by atoms with Crippen molar-refractivity contribution in [2.45, 2.75) is 38.1 Å². The fourth-order valence-electron chi connectivity index (χ4n) is 4.52. The maximum absolute atomic E-state index is 6.95. The van der Waals surface area contributed by atoms with Crippen LogP contribution in [-0.4, -0.2) is 6.04 Å². The normalized spacial score (nSPS) is 20.7. The lowest BCUT2D eigenvalue weighted by atomic mass is 9.55. The highest BCUT2D eigenvalue weighted by Gasteiger charge is 2.49. The Labute approximate surface area is 158 Å². The van der Waals surface area contributed by atoms with Crippen molar-refractivity contribution in [3.63, 3.8) is 0 Å². The topological polar surface area (TPSA) is 52.0 Å². The van der Waals surface area contributed by atoms with E-state index >= 15 is 0 Å². The first-order valence-corrected chi connectivity index (χ1v) is 9.24. The zero-order valence-corrected chi connectivity index (χ0v) is 15.8. The first kappa shape index (κ1) is 20.0. The minimum absolute atomic E-state index is 0.0282. The van der Waals surface area contributed by atoms with Crippen LogP contribution in [0.25, 0.3) is 5.57 Å². The second-order valence-electron chi connectivity index (χ2n) is 7.51. The average Bonchev–Trinajstić information content (AvgIpc) is 2.61. The number of allylic oxidation sites excluding steroid dienone is 5. The molecule has 0 spiro atoms. The molecular weight excluding hydrogens is 316 g/mol. The summed E-state index contributed by atoms with van der Waals surface area (Å²) in [5, 5.41) is 0. The van der Waals surface area contributed by atoms with Gasteiger partial charge in [-0.25, -0.2) is 0 Å². The van der Waals surface area contributed by atoms with Crippen LogP contribution in [0.4, 0.5) is 5.69 Å². The molecule has 1 unspecified atom stereocenters. The number of nitrogen functional groups attached to an aromatic ring is 1. The summed E-state index contributed by atoms with van der Waals surface area (Å²) in [5.41, 5.74) is 15.8. The maximum atomic E-state index is 6.95. The molecule has 2 heteroatoms. The molecule has 1 aliphatic rings. The standard InChI is InChI=1S/C24H32N2/c1-5-13-23(14-6-2)17-20(19-9-11-21(25)12-10-19)18-24(15-7-3,16-8-4)22(23)26/h5-12,17,22H,1-4,13-16,18,25-26H2. The Kier molecular flexibility index (Phi) is 6.44. The number of benzene rings is 1. The molecule has 138 valence electrons. The Balaban J connectivity index is 2.66. The summed E-state index contributed by atoms with van der Waals surface area (Å²) in [7, 11) is 0. The van der Waals surface area contributed by atoms with Gasteiger partial charge >= 0.3 is 0 Å². The molecule has 0 aliphatic heterocycles. The van der Waals surface area contributed by atoms with E-state index in [4.69, 9.17) is 11.5 Å². The molecular formula is C24H32N2. The molecule has 0 bridgehead atoms. The molecule has 1 aromatic rings. The summed E-state index contributed by atoms with van der Waals surface area (Å²) in [6, 6.07) is 8.07. The smallest absolute Gasteiger partial charge is 0.0314 e. The SMILES string of the molecule is C=CCC1(CC=C)C=C(c2ccc(N)cc2)CC(CC=C)(CC=C)C1N. The van der Waals surface area contributed by atoms with Crippen LogP contribution < -0.4 is 11.5 Å². The Morgan fingerprint density at radius 3 is 1.85 bits per heavy atom. The summed E-state index contributed by atoms with van der Waals surface area (Å²) in [5.74, 6) is 0. The van der Waals surface area contributed by atoms with Crippen molar-refractivity contribution in [2.24, 2.45) is 16.6 Å². The van der Waals surface area contributed by atoms with Crippen molar-refractivity contribution in [3.8, 4) is 0 Å². The van der Waals surface area contributed by atoms with Crippen LogP contribution in [0.1, 0.15) is 37.7 Å². The largest absolute Gasteiger partial charge is 0.399 e. The first-order valence-electron chi connectivity index (χ1n) is 9.24. The molecule has 0 radical (unpaired) electrons. The summed E-state index contributed by atoms with van der Waals surface area (Å²) < 4.78 is 0. The molecule has 0 fully saturated rings. The molecule has 2 rings (SSSR count). The van der Waals surface area contributed by atoms with Gasteiger partial charge in [-0.05, 0) is 60.8 Å². The minimum Gasteiger partial charge on any atom is -0.399 e. The van der Waals surface area contributed by atoms with E-state index in [1.807, 2.05) is 36.4 Å². The molecule has 26 heavy (non-hydrogen) atoms. The van der Waals surface area contributed by atoms with Crippen LogP contribution in [0, 0.1) is 10.8 Å². The van der Waals surface area contributed by atoms with Crippen molar-refractivity contribution in [3.05, 3.63) is 86.5 Å². The molecule has 0 saturated heterocycles. The van der Waals surface area contributed by atoms with Gasteiger partial charge in [0.2, 0.25) is 0 Å². The summed E-state index contributed by atoms with van der Waals surface area (Å²) in [6.07, 6.45) is 14.5. The Hall–Kier alpha value is -2.32. The Bertz CT molecular complexity index is 673. The average molecular weight is 349 g/mol. The second kappa shape index (κ2) is 8.37. The summed E-state index contributed by atoms with van der Waals surface area (Å²) in [6.45, 7) is 16.0. The van der Waals surface area contributed by atoms with E-state index in [1.165, 1.54) is 11.1 Å². The van der Waals surface area contributed by atoms with E-state index in [2.05, 4.69) is 44.5 Å². The van der Waals surface area contributed by atoms with Crippen molar-refractivity contribution in [1.82, 2.24) is 0 Å². The van der Waals surface area contributed by atoms with Gasteiger partial charge in [-0.3, -0.25) is 0 Å². The monoisotopic (exact) mass is 348 g/mol. The highest BCUT2D eigenvalue weighted by atomic mass is 14.8. The van der Waals surface area contributed by atoms with Crippen molar-refractivity contribution < 1.29 is 0 Å². The molecule has 4 N–H and O–H groups in total. The van der Waals surface area contributed by atoms with Crippen molar-refractivity contribution >= 4 is 11.3 Å². The molecule has 0 amide bonds. The molecule has 0 heterocycles. The lowest BCUT2D eigenvalue weighted by Gasteiger charge is -2.52. The van der Waals surface area contributed by atoms with Crippen LogP contribution in [0.5, 0.6) is 0 Å². The number of rotatable bonds is 9. The van der Waals surface area contributed by atoms with Gasteiger partial charge in [0, 0.05) is 17.1 Å². The van der Waals surface area contributed by atoms with Gasteiger partial charge in [0.15, 0.2) is 0 Å². The zero-order chi connectivity index (χ0) is 19.2.